The van der Waals surface area contributed by atoms with Crippen molar-refractivity contribution in [1.29, 1.82) is 0 Å². The molecule has 0 radical (unpaired) electrons. The maximum atomic E-state index is 3.63. The first-order valence-electron chi connectivity index (χ1n) is 7.16. The molecule has 2 saturated heterocycles. The van der Waals surface area contributed by atoms with Crippen LogP contribution in [0.4, 0.5) is 0 Å². The van der Waals surface area contributed by atoms with Crippen LogP contribution in [0.5, 0.6) is 0 Å². The lowest BCUT2D eigenvalue weighted by molar-refractivity contribution is 0.445. The standard InChI is InChI=1S/C14H24BBr/c1-2-3-6-14(11-16)15-12-7-4-8-13(15)10-5-9-12/h11-13H,2-10H2,1H3/b14-11-. The summed E-state index contributed by atoms with van der Waals surface area (Å²) in [5.41, 5.74) is 1.73. The molecule has 0 unspecified atom stereocenters. The largest absolute Gasteiger partial charge is 0.177 e. The van der Waals surface area contributed by atoms with Gasteiger partial charge in [-0.2, -0.15) is 0 Å². The fraction of sp³-hybridized carbons (Fsp3) is 0.857. The lowest BCUT2D eigenvalue weighted by Gasteiger charge is -2.41. The summed E-state index contributed by atoms with van der Waals surface area (Å²) in [6, 6.07) is 0. The van der Waals surface area contributed by atoms with E-state index in [4.69, 9.17) is 0 Å². The highest BCUT2D eigenvalue weighted by atomic mass is 79.9. The third-order valence-corrected chi connectivity index (χ3v) is 5.29. The fourth-order valence-corrected chi connectivity index (χ4v) is 4.49. The molecule has 0 nitrogen and oxygen atoms in total. The molecule has 0 aromatic rings. The van der Waals surface area contributed by atoms with Crippen molar-refractivity contribution < 1.29 is 0 Å². The van der Waals surface area contributed by atoms with Crippen molar-refractivity contribution in [2.75, 3.05) is 0 Å². The van der Waals surface area contributed by atoms with Crippen LogP contribution < -0.4 is 0 Å². The van der Waals surface area contributed by atoms with E-state index in [9.17, 15) is 0 Å². The topological polar surface area (TPSA) is 0 Å². The van der Waals surface area contributed by atoms with Crippen molar-refractivity contribution in [1.82, 2.24) is 0 Å². The van der Waals surface area contributed by atoms with Crippen LogP contribution in [0.25, 0.3) is 0 Å². The van der Waals surface area contributed by atoms with Gasteiger partial charge in [-0.3, -0.25) is 0 Å². The van der Waals surface area contributed by atoms with E-state index in [0.717, 1.165) is 18.3 Å². The van der Waals surface area contributed by atoms with Gasteiger partial charge in [0.05, 0.1) is 0 Å². The van der Waals surface area contributed by atoms with Gasteiger partial charge in [-0.1, -0.05) is 91.3 Å². The monoisotopic (exact) mass is 282 g/mol. The fourth-order valence-electron chi connectivity index (χ4n) is 3.96. The van der Waals surface area contributed by atoms with Gasteiger partial charge in [0.25, 0.3) is 0 Å². The maximum Gasteiger partial charge on any atom is 0.177 e. The van der Waals surface area contributed by atoms with Crippen molar-refractivity contribution in [3.8, 4) is 0 Å². The number of fused-ring (bicyclic) bond motifs is 2. The zero-order valence-corrected chi connectivity index (χ0v) is 12.1. The number of halogens is 1. The van der Waals surface area contributed by atoms with Gasteiger partial charge in [0.1, 0.15) is 0 Å². The van der Waals surface area contributed by atoms with Crippen LogP contribution in [0.15, 0.2) is 10.5 Å². The minimum Gasteiger partial charge on any atom is -0.0937 e. The van der Waals surface area contributed by atoms with Gasteiger partial charge in [-0.15, -0.1) is 0 Å². The molecule has 0 atom stereocenters. The van der Waals surface area contributed by atoms with Crippen LogP contribution in [0.1, 0.15) is 64.7 Å². The summed E-state index contributed by atoms with van der Waals surface area (Å²) in [4.78, 5) is 2.27. The molecule has 2 bridgehead atoms. The summed E-state index contributed by atoms with van der Waals surface area (Å²) in [7, 11) is 0. The van der Waals surface area contributed by atoms with Crippen LogP contribution in [0.2, 0.25) is 11.6 Å². The van der Waals surface area contributed by atoms with Gasteiger partial charge >= 0.3 is 0 Å². The zero-order valence-electron chi connectivity index (χ0n) is 10.6. The van der Waals surface area contributed by atoms with Gasteiger partial charge < -0.3 is 0 Å². The number of unbranched alkanes of at least 4 members (excludes halogenated alkanes) is 1. The second-order valence-electron chi connectivity index (χ2n) is 5.70. The summed E-state index contributed by atoms with van der Waals surface area (Å²) in [5.74, 6) is 2.04. The quantitative estimate of drug-likeness (QED) is 0.589. The Bertz CT molecular complexity index is 227. The van der Waals surface area contributed by atoms with Crippen LogP contribution in [-0.2, 0) is 0 Å². The van der Waals surface area contributed by atoms with Crippen LogP contribution in [0.3, 0.4) is 0 Å². The smallest absolute Gasteiger partial charge is 0.0937 e. The molecule has 2 heterocycles. The molecule has 2 aliphatic rings. The number of rotatable bonds is 4. The Morgan fingerprint density at radius 3 is 2.19 bits per heavy atom. The summed E-state index contributed by atoms with van der Waals surface area (Å²) < 4.78 is 0. The average Bonchev–Trinajstić information content (AvgIpc) is 2.29. The van der Waals surface area contributed by atoms with Crippen molar-refractivity contribution in [2.45, 2.75) is 76.3 Å². The van der Waals surface area contributed by atoms with Gasteiger partial charge in [-0.25, -0.2) is 0 Å². The Balaban J connectivity index is 2.05. The lowest BCUT2D eigenvalue weighted by Crippen LogP contribution is -2.36. The molecule has 0 spiro atoms. The molecular formula is C14H24BBr. The van der Waals surface area contributed by atoms with Crippen molar-refractivity contribution >= 4 is 22.6 Å². The Labute approximate surface area is 109 Å². The zero-order chi connectivity index (χ0) is 11.4. The molecule has 2 aliphatic heterocycles. The predicted molar refractivity (Wildman–Crippen MR) is 77.5 cm³/mol. The second-order valence-corrected chi connectivity index (χ2v) is 6.15. The molecule has 0 N–H and O–H groups in total. The van der Waals surface area contributed by atoms with E-state index in [2.05, 4.69) is 27.8 Å². The number of allylic oxidation sites excluding steroid dienone is 1. The Hall–Kier alpha value is 0.285. The SMILES string of the molecule is CCCC/C(=C/Br)B1C2CCCC1CCC2. The first-order chi connectivity index (χ1) is 7.86. The molecule has 2 heteroatoms. The molecule has 90 valence electrons. The normalized spacial score (nSPS) is 30.6. The summed E-state index contributed by atoms with van der Waals surface area (Å²) >= 11 is 3.63. The Kier molecular flexibility index (Phi) is 5.00. The first kappa shape index (κ1) is 12.7. The van der Waals surface area contributed by atoms with E-state index >= 15 is 0 Å². The maximum absolute atomic E-state index is 3.63. The third kappa shape index (κ3) is 2.75. The molecule has 0 aliphatic carbocycles. The summed E-state index contributed by atoms with van der Waals surface area (Å²) in [6.07, 6.45) is 13.0. The average molecular weight is 283 g/mol. The highest BCUT2D eigenvalue weighted by Gasteiger charge is 2.40. The summed E-state index contributed by atoms with van der Waals surface area (Å²) in [5, 5.41) is 0. The minimum absolute atomic E-state index is 0.938. The van der Waals surface area contributed by atoms with Crippen molar-refractivity contribution in [2.24, 2.45) is 0 Å². The molecular weight excluding hydrogens is 259 g/mol. The molecule has 2 rings (SSSR count). The van der Waals surface area contributed by atoms with E-state index in [1.54, 1.807) is 5.47 Å². The van der Waals surface area contributed by atoms with Crippen LogP contribution in [-0.4, -0.2) is 6.71 Å². The van der Waals surface area contributed by atoms with Crippen LogP contribution >= 0.6 is 15.9 Å². The summed E-state index contributed by atoms with van der Waals surface area (Å²) in [6.45, 7) is 3.24. The Morgan fingerprint density at radius 1 is 1.19 bits per heavy atom. The highest BCUT2D eigenvalue weighted by Crippen LogP contribution is 2.49. The Morgan fingerprint density at radius 2 is 1.75 bits per heavy atom. The van der Waals surface area contributed by atoms with E-state index in [1.165, 1.54) is 57.8 Å². The van der Waals surface area contributed by atoms with Crippen molar-refractivity contribution in [3.63, 3.8) is 0 Å². The van der Waals surface area contributed by atoms with E-state index in [0.29, 0.717) is 0 Å². The lowest BCUT2D eigenvalue weighted by atomic mass is 9.24. The van der Waals surface area contributed by atoms with Gasteiger partial charge in [0, 0.05) is 0 Å². The minimum atomic E-state index is 0.938. The third-order valence-electron chi connectivity index (χ3n) is 4.70. The van der Waals surface area contributed by atoms with Gasteiger partial charge in [0.15, 0.2) is 6.71 Å². The van der Waals surface area contributed by atoms with Crippen molar-refractivity contribution in [3.05, 3.63) is 10.5 Å². The number of hydrogen-bond acceptors (Lipinski definition) is 0. The number of hydrogen-bond donors (Lipinski definition) is 0. The molecule has 2 fully saturated rings. The van der Waals surface area contributed by atoms with Crippen LogP contribution in [0, 0.1) is 0 Å². The molecule has 0 saturated carbocycles. The highest BCUT2D eigenvalue weighted by molar-refractivity contribution is 9.11. The molecule has 16 heavy (non-hydrogen) atoms. The van der Waals surface area contributed by atoms with E-state index in [1.807, 2.05) is 0 Å². The molecule has 0 aromatic carbocycles. The molecule has 0 aromatic heterocycles. The van der Waals surface area contributed by atoms with E-state index < -0.39 is 0 Å². The van der Waals surface area contributed by atoms with Gasteiger partial charge in [0.2, 0.25) is 0 Å². The first-order valence-corrected chi connectivity index (χ1v) is 8.07. The molecule has 0 amide bonds. The van der Waals surface area contributed by atoms with E-state index in [-0.39, 0.29) is 0 Å². The second kappa shape index (κ2) is 6.28. The van der Waals surface area contributed by atoms with Gasteiger partial charge in [-0.05, 0) is 11.4 Å². The predicted octanol–water partition coefficient (Wildman–Crippen LogP) is 5.60.